The fourth-order valence-corrected chi connectivity index (χ4v) is 2.70. The Labute approximate surface area is 118 Å². The lowest BCUT2D eigenvalue weighted by atomic mass is 10.1. The number of alkyl halides is 1. The summed E-state index contributed by atoms with van der Waals surface area (Å²) in [7, 11) is 0. The van der Waals surface area contributed by atoms with Crippen LogP contribution in [0.3, 0.4) is 0 Å². The van der Waals surface area contributed by atoms with Gasteiger partial charge in [-0.3, -0.25) is 4.98 Å². The Morgan fingerprint density at radius 3 is 2.41 bits per heavy atom. The van der Waals surface area contributed by atoms with Gasteiger partial charge in [0.15, 0.2) is 0 Å². The lowest BCUT2D eigenvalue weighted by molar-refractivity contribution is 0.637. The summed E-state index contributed by atoms with van der Waals surface area (Å²) in [4.78, 5) is 4.24. The maximum absolute atomic E-state index is 4.24. The molecule has 0 N–H and O–H groups in total. The largest absolute Gasteiger partial charge is 0.256 e. The van der Waals surface area contributed by atoms with Crippen LogP contribution in [0.2, 0.25) is 0 Å². The average molecular weight is 341 g/mol. The fourth-order valence-electron chi connectivity index (χ4n) is 1.46. The van der Waals surface area contributed by atoms with E-state index in [9.17, 15) is 0 Å². The molecule has 0 unspecified atom stereocenters. The van der Waals surface area contributed by atoms with Gasteiger partial charge in [-0.25, -0.2) is 0 Å². The molecule has 2 aromatic rings. The van der Waals surface area contributed by atoms with Crippen LogP contribution in [-0.4, -0.2) is 9.41 Å². The van der Waals surface area contributed by atoms with Crippen molar-refractivity contribution in [3.05, 3.63) is 42.1 Å². The minimum Gasteiger partial charge on any atom is -0.256 e. The standard InChI is InChI=1S/C10H9N.C5H11I/c1-8-6-7-11-10-5-3-2-4-9(8)10;1-5(2)3-4-6/h2-7H,1H3;5H,3-4H2,1-2H3. The molecular formula is C15H20IN. The zero-order valence-corrected chi connectivity index (χ0v) is 12.9. The van der Waals surface area contributed by atoms with E-state index in [4.69, 9.17) is 0 Å². The summed E-state index contributed by atoms with van der Waals surface area (Å²) in [5, 5.41) is 1.25. The quantitative estimate of drug-likeness (QED) is 0.553. The zero-order valence-electron chi connectivity index (χ0n) is 10.8. The number of aryl methyl sites for hydroxylation is 1. The number of rotatable bonds is 2. The SMILES string of the molecule is CC(C)CCI.Cc1ccnc2ccccc12. The van der Waals surface area contributed by atoms with Crippen molar-refractivity contribution >= 4 is 33.5 Å². The molecule has 92 valence electrons. The van der Waals surface area contributed by atoms with Gasteiger partial charge in [0.1, 0.15) is 0 Å². The van der Waals surface area contributed by atoms with Gasteiger partial charge >= 0.3 is 0 Å². The fraction of sp³-hybridized carbons (Fsp3) is 0.400. The molecule has 1 heterocycles. The van der Waals surface area contributed by atoms with Gasteiger partial charge in [-0.15, -0.1) is 0 Å². The summed E-state index contributed by atoms with van der Waals surface area (Å²) in [5.74, 6) is 0.891. The first-order valence-corrected chi connectivity index (χ1v) is 7.54. The Morgan fingerprint density at radius 1 is 1.18 bits per heavy atom. The van der Waals surface area contributed by atoms with Crippen LogP contribution in [0.15, 0.2) is 36.5 Å². The third kappa shape index (κ3) is 5.02. The molecule has 0 saturated heterocycles. The Bertz CT molecular complexity index is 446. The number of para-hydroxylation sites is 1. The summed E-state index contributed by atoms with van der Waals surface area (Å²) in [6.07, 6.45) is 3.21. The molecule has 0 aliphatic carbocycles. The Morgan fingerprint density at radius 2 is 1.88 bits per heavy atom. The minimum atomic E-state index is 0.891. The molecule has 0 atom stereocenters. The van der Waals surface area contributed by atoms with Crippen molar-refractivity contribution in [1.82, 2.24) is 4.98 Å². The molecule has 2 rings (SSSR count). The third-order valence-electron chi connectivity index (χ3n) is 2.55. The van der Waals surface area contributed by atoms with E-state index < -0.39 is 0 Å². The minimum absolute atomic E-state index is 0.891. The average Bonchev–Trinajstić information content (AvgIpc) is 2.30. The second kappa shape index (κ2) is 7.64. The highest BCUT2D eigenvalue weighted by molar-refractivity contribution is 14.1. The third-order valence-corrected chi connectivity index (χ3v) is 3.18. The predicted octanol–water partition coefficient (Wildman–Crippen LogP) is 5.01. The van der Waals surface area contributed by atoms with E-state index in [1.165, 1.54) is 21.8 Å². The van der Waals surface area contributed by atoms with Crippen LogP contribution < -0.4 is 0 Å². The zero-order chi connectivity index (χ0) is 12.7. The molecule has 1 aromatic carbocycles. The number of aromatic nitrogens is 1. The lowest BCUT2D eigenvalue weighted by Crippen LogP contribution is -1.84. The van der Waals surface area contributed by atoms with Gasteiger partial charge in [-0.05, 0) is 41.4 Å². The molecule has 1 nitrogen and oxygen atoms in total. The Kier molecular flexibility index (Phi) is 6.48. The number of nitrogens with zero attached hydrogens (tertiary/aromatic N) is 1. The number of hydrogen-bond acceptors (Lipinski definition) is 1. The highest BCUT2D eigenvalue weighted by Gasteiger charge is 1.93. The monoisotopic (exact) mass is 341 g/mol. The number of hydrogen-bond donors (Lipinski definition) is 0. The van der Waals surface area contributed by atoms with E-state index in [1.54, 1.807) is 0 Å². The van der Waals surface area contributed by atoms with Gasteiger partial charge in [-0.2, -0.15) is 0 Å². The van der Waals surface area contributed by atoms with Crippen molar-refractivity contribution in [2.45, 2.75) is 27.2 Å². The molecule has 0 radical (unpaired) electrons. The van der Waals surface area contributed by atoms with Crippen molar-refractivity contribution in [3.63, 3.8) is 0 Å². The molecule has 0 saturated carbocycles. The smallest absolute Gasteiger partial charge is 0.0704 e. The van der Waals surface area contributed by atoms with Gasteiger partial charge < -0.3 is 0 Å². The Hall–Kier alpha value is -0.640. The van der Waals surface area contributed by atoms with E-state index in [1.807, 2.05) is 30.5 Å². The number of halogens is 1. The molecule has 0 fully saturated rings. The predicted molar refractivity (Wildman–Crippen MR) is 84.8 cm³/mol. The molecule has 2 heteroatoms. The lowest BCUT2D eigenvalue weighted by Gasteiger charge is -1.97. The van der Waals surface area contributed by atoms with E-state index in [0.717, 1.165) is 11.4 Å². The van der Waals surface area contributed by atoms with E-state index in [0.29, 0.717) is 0 Å². The van der Waals surface area contributed by atoms with Gasteiger partial charge in [0, 0.05) is 11.6 Å². The van der Waals surface area contributed by atoms with Gasteiger partial charge in [0.05, 0.1) is 5.52 Å². The van der Waals surface area contributed by atoms with Crippen molar-refractivity contribution < 1.29 is 0 Å². The molecule has 0 amide bonds. The summed E-state index contributed by atoms with van der Waals surface area (Å²) < 4.78 is 1.30. The maximum atomic E-state index is 4.24. The molecule has 0 aliphatic rings. The highest BCUT2D eigenvalue weighted by Crippen LogP contribution is 2.13. The van der Waals surface area contributed by atoms with Crippen LogP contribution in [0.1, 0.15) is 25.8 Å². The topological polar surface area (TPSA) is 12.9 Å². The van der Waals surface area contributed by atoms with E-state index in [2.05, 4.69) is 54.4 Å². The normalized spacial score (nSPS) is 10.2. The summed E-state index contributed by atoms with van der Waals surface area (Å²) in [5.41, 5.74) is 2.36. The first-order chi connectivity index (χ1) is 8.15. The first kappa shape index (κ1) is 14.4. The van der Waals surface area contributed by atoms with Crippen LogP contribution in [0.5, 0.6) is 0 Å². The number of pyridine rings is 1. The molecule has 0 aliphatic heterocycles. The van der Waals surface area contributed by atoms with Gasteiger partial charge in [0.25, 0.3) is 0 Å². The second-order valence-electron chi connectivity index (χ2n) is 4.52. The first-order valence-electron chi connectivity index (χ1n) is 6.01. The number of fused-ring (bicyclic) bond motifs is 1. The van der Waals surface area contributed by atoms with Crippen LogP contribution in [0.25, 0.3) is 10.9 Å². The van der Waals surface area contributed by atoms with Crippen molar-refractivity contribution in [3.8, 4) is 0 Å². The molecular weight excluding hydrogens is 321 g/mol. The highest BCUT2D eigenvalue weighted by atomic mass is 127. The number of benzene rings is 1. The van der Waals surface area contributed by atoms with E-state index >= 15 is 0 Å². The van der Waals surface area contributed by atoms with Gasteiger partial charge in [-0.1, -0.05) is 54.6 Å². The molecule has 17 heavy (non-hydrogen) atoms. The molecule has 1 aromatic heterocycles. The van der Waals surface area contributed by atoms with Crippen LogP contribution in [-0.2, 0) is 0 Å². The van der Waals surface area contributed by atoms with Gasteiger partial charge in [0.2, 0.25) is 0 Å². The maximum Gasteiger partial charge on any atom is 0.0704 e. The van der Waals surface area contributed by atoms with Crippen LogP contribution >= 0.6 is 22.6 Å². The molecule has 0 spiro atoms. The Balaban J connectivity index is 0.000000209. The van der Waals surface area contributed by atoms with Crippen molar-refractivity contribution in [2.75, 3.05) is 4.43 Å². The summed E-state index contributed by atoms with van der Waals surface area (Å²) in [6.45, 7) is 6.60. The molecule has 0 bridgehead atoms. The summed E-state index contributed by atoms with van der Waals surface area (Å²) >= 11 is 2.40. The van der Waals surface area contributed by atoms with E-state index in [-0.39, 0.29) is 0 Å². The van der Waals surface area contributed by atoms with Crippen molar-refractivity contribution in [1.29, 1.82) is 0 Å². The van der Waals surface area contributed by atoms with Crippen LogP contribution in [0.4, 0.5) is 0 Å². The second-order valence-corrected chi connectivity index (χ2v) is 5.60. The van der Waals surface area contributed by atoms with Crippen molar-refractivity contribution in [2.24, 2.45) is 5.92 Å². The summed E-state index contributed by atoms with van der Waals surface area (Å²) in [6, 6.07) is 10.2. The van der Waals surface area contributed by atoms with Crippen LogP contribution in [0, 0.1) is 12.8 Å².